The minimum Gasteiger partial charge on any atom is -0.497 e. The molecule has 1 amide bonds. The molecule has 3 aromatic rings. The lowest BCUT2D eigenvalue weighted by molar-refractivity contribution is 0.0993. The van der Waals surface area contributed by atoms with Gasteiger partial charge in [0.05, 0.1) is 27.0 Å². The fourth-order valence-electron chi connectivity index (χ4n) is 2.64. The highest BCUT2D eigenvalue weighted by atomic mass is 16.5. The highest BCUT2D eigenvalue weighted by Crippen LogP contribution is 2.29. The molecule has 3 rings (SSSR count). The zero-order chi connectivity index (χ0) is 21.5. The number of carbonyl (C=O) groups excluding carboxylic acids is 1. The Hall–Kier alpha value is -3.94. The summed E-state index contributed by atoms with van der Waals surface area (Å²) in [7, 11) is 4.56. The van der Waals surface area contributed by atoms with Crippen molar-refractivity contribution in [2.24, 2.45) is 0 Å². The molecule has 0 radical (unpaired) electrons. The van der Waals surface area contributed by atoms with Gasteiger partial charge < -0.3 is 28.7 Å². The quantitative estimate of drug-likeness (QED) is 0.606. The van der Waals surface area contributed by atoms with Crippen molar-refractivity contribution in [2.45, 2.75) is 6.61 Å². The first-order valence-corrected chi connectivity index (χ1v) is 8.96. The number of ether oxygens (including phenoxy) is 4. The molecule has 0 spiro atoms. The summed E-state index contributed by atoms with van der Waals surface area (Å²) < 4.78 is 26.3. The third-order valence-corrected chi connectivity index (χ3v) is 4.21. The van der Waals surface area contributed by atoms with E-state index in [4.69, 9.17) is 23.4 Å². The van der Waals surface area contributed by atoms with E-state index in [9.17, 15) is 9.59 Å². The molecule has 30 heavy (non-hydrogen) atoms. The lowest BCUT2D eigenvalue weighted by atomic mass is 10.2. The summed E-state index contributed by atoms with van der Waals surface area (Å²) in [6.07, 6.45) is 1.11. The number of anilines is 1. The molecular formula is C22H21NO7. The zero-order valence-corrected chi connectivity index (χ0v) is 16.8. The van der Waals surface area contributed by atoms with Crippen molar-refractivity contribution in [2.75, 3.05) is 26.6 Å². The highest BCUT2D eigenvalue weighted by molar-refractivity contribution is 6.03. The molecule has 0 aliphatic rings. The Morgan fingerprint density at radius 1 is 0.933 bits per heavy atom. The van der Waals surface area contributed by atoms with E-state index in [0.29, 0.717) is 22.9 Å². The van der Waals surface area contributed by atoms with Gasteiger partial charge in [0.1, 0.15) is 30.1 Å². The standard InChI is InChI=1S/C22H21NO7/c1-26-15-6-4-5-14(9-15)12-29-21-13-30-20(11-18(21)24)22(25)23-17-10-16(27-2)7-8-19(17)28-3/h4-11,13H,12H2,1-3H3,(H,23,25). The van der Waals surface area contributed by atoms with Gasteiger partial charge in [0.25, 0.3) is 5.91 Å². The summed E-state index contributed by atoms with van der Waals surface area (Å²) in [5.74, 6) is 0.867. The Labute approximate surface area is 173 Å². The van der Waals surface area contributed by atoms with E-state index in [1.165, 1.54) is 14.2 Å². The minimum absolute atomic E-state index is 0.00618. The summed E-state index contributed by atoms with van der Waals surface area (Å²) in [4.78, 5) is 24.8. The second-order valence-corrected chi connectivity index (χ2v) is 6.13. The molecule has 0 atom stereocenters. The van der Waals surface area contributed by atoms with Gasteiger partial charge in [0, 0.05) is 12.1 Å². The Morgan fingerprint density at radius 3 is 2.40 bits per heavy atom. The van der Waals surface area contributed by atoms with Crippen LogP contribution < -0.4 is 29.7 Å². The Morgan fingerprint density at radius 2 is 1.70 bits per heavy atom. The van der Waals surface area contributed by atoms with Gasteiger partial charge in [-0.2, -0.15) is 0 Å². The summed E-state index contributed by atoms with van der Waals surface area (Å²) in [5, 5.41) is 2.64. The van der Waals surface area contributed by atoms with Crippen molar-refractivity contribution in [1.82, 2.24) is 0 Å². The van der Waals surface area contributed by atoms with Gasteiger partial charge in [-0.3, -0.25) is 9.59 Å². The second kappa shape index (κ2) is 9.51. The van der Waals surface area contributed by atoms with Crippen LogP contribution in [0.2, 0.25) is 0 Å². The van der Waals surface area contributed by atoms with E-state index in [1.807, 2.05) is 18.2 Å². The number of nitrogens with one attached hydrogen (secondary N) is 1. The predicted octanol–water partition coefficient (Wildman–Crippen LogP) is 3.50. The molecule has 0 saturated heterocycles. The molecule has 8 heteroatoms. The Bertz CT molecular complexity index is 1090. The van der Waals surface area contributed by atoms with Crippen molar-refractivity contribution in [3.8, 4) is 23.0 Å². The lowest BCUT2D eigenvalue weighted by Gasteiger charge is -2.11. The van der Waals surface area contributed by atoms with E-state index in [2.05, 4.69) is 5.32 Å². The topological polar surface area (TPSA) is 96.2 Å². The van der Waals surface area contributed by atoms with Crippen LogP contribution in [0.1, 0.15) is 16.1 Å². The maximum atomic E-state index is 12.5. The van der Waals surface area contributed by atoms with Crippen LogP contribution in [0.25, 0.3) is 0 Å². The fourth-order valence-corrected chi connectivity index (χ4v) is 2.64. The van der Waals surface area contributed by atoms with Crippen LogP contribution in [0, 0.1) is 0 Å². The number of hydrogen-bond acceptors (Lipinski definition) is 7. The first-order valence-electron chi connectivity index (χ1n) is 8.96. The molecule has 0 bridgehead atoms. The SMILES string of the molecule is COc1cccc(COc2coc(C(=O)Nc3cc(OC)ccc3OC)cc2=O)c1. The molecule has 1 heterocycles. The zero-order valence-electron chi connectivity index (χ0n) is 16.8. The van der Waals surface area contributed by atoms with Crippen molar-refractivity contribution in [3.63, 3.8) is 0 Å². The average molecular weight is 411 g/mol. The number of hydrogen-bond donors (Lipinski definition) is 1. The van der Waals surface area contributed by atoms with Gasteiger partial charge in [-0.05, 0) is 29.8 Å². The maximum absolute atomic E-state index is 12.5. The molecule has 8 nitrogen and oxygen atoms in total. The van der Waals surface area contributed by atoms with Crippen LogP contribution in [0.5, 0.6) is 23.0 Å². The first-order chi connectivity index (χ1) is 14.5. The smallest absolute Gasteiger partial charge is 0.291 e. The fraction of sp³-hybridized carbons (Fsp3) is 0.182. The molecule has 2 aromatic carbocycles. The molecular weight excluding hydrogens is 390 g/mol. The van der Waals surface area contributed by atoms with Gasteiger partial charge >= 0.3 is 0 Å². The average Bonchev–Trinajstić information content (AvgIpc) is 2.78. The Kier molecular flexibility index (Phi) is 6.59. The van der Waals surface area contributed by atoms with E-state index in [1.54, 1.807) is 31.4 Å². The third-order valence-electron chi connectivity index (χ3n) is 4.21. The van der Waals surface area contributed by atoms with Gasteiger partial charge in [0.2, 0.25) is 11.2 Å². The van der Waals surface area contributed by atoms with Crippen LogP contribution in [-0.4, -0.2) is 27.2 Å². The number of carbonyl (C=O) groups is 1. The number of methoxy groups -OCH3 is 3. The van der Waals surface area contributed by atoms with Gasteiger partial charge in [0.15, 0.2) is 5.76 Å². The van der Waals surface area contributed by atoms with Gasteiger partial charge in [-0.1, -0.05) is 12.1 Å². The van der Waals surface area contributed by atoms with Crippen LogP contribution in [-0.2, 0) is 6.61 Å². The minimum atomic E-state index is -0.613. The van der Waals surface area contributed by atoms with E-state index in [-0.39, 0.29) is 18.1 Å². The predicted molar refractivity (Wildman–Crippen MR) is 110 cm³/mol. The number of amides is 1. The van der Waals surface area contributed by atoms with Crippen molar-refractivity contribution < 1.29 is 28.2 Å². The molecule has 0 fully saturated rings. The van der Waals surface area contributed by atoms with Crippen molar-refractivity contribution in [3.05, 3.63) is 76.3 Å². The second-order valence-electron chi connectivity index (χ2n) is 6.13. The molecule has 0 unspecified atom stereocenters. The van der Waals surface area contributed by atoms with Crippen molar-refractivity contribution >= 4 is 11.6 Å². The van der Waals surface area contributed by atoms with E-state index in [0.717, 1.165) is 17.9 Å². The maximum Gasteiger partial charge on any atom is 0.291 e. The lowest BCUT2D eigenvalue weighted by Crippen LogP contribution is -2.16. The molecule has 0 aliphatic carbocycles. The third kappa shape index (κ3) is 4.91. The summed E-state index contributed by atoms with van der Waals surface area (Å²) in [6, 6.07) is 13.3. The van der Waals surface area contributed by atoms with Crippen LogP contribution in [0.3, 0.4) is 0 Å². The number of rotatable bonds is 8. The molecule has 156 valence electrons. The van der Waals surface area contributed by atoms with E-state index >= 15 is 0 Å². The summed E-state index contributed by atoms with van der Waals surface area (Å²) in [5.41, 5.74) is 0.718. The van der Waals surface area contributed by atoms with Gasteiger partial charge in [-0.25, -0.2) is 0 Å². The monoisotopic (exact) mass is 411 g/mol. The molecule has 1 N–H and O–H groups in total. The molecule has 1 aromatic heterocycles. The van der Waals surface area contributed by atoms with Crippen LogP contribution in [0.15, 0.2) is 64.0 Å². The van der Waals surface area contributed by atoms with E-state index < -0.39 is 11.3 Å². The number of benzene rings is 2. The first kappa shape index (κ1) is 20.8. The normalized spacial score (nSPS) is 10.2. The van der Waals surface area contributed by atoms with Gasteiger partial charge in [-0.15, -0.1) is 0 Å². The summed E-state index contributed by atoms with van der Waals surface area (Å²) >= 11 is 0. The highest BCUT2D eigenvalue weighted by Gasteiger charge is 2.15. The largest absolute Gasteiger partial charge is 0.497 e. The van der Waals surface area contributed by atoms with Crippen molar-refractivity contribution in [1.29, 1.82) is 0 Å². The summed E-state index contributed by atoms with van der Waals surface area (Å²) in [6.45, 7) is 0.147. The Balaban J connectivity index is 1.71. The van der Waals surface area contributed by atoms with Crippen LogP contribution >= 0.6 is 0 Å². The molecule has 0 saturated carbocycles. The van der Waals surface area contributed by atoms with Crippen LogP contribution in [0.4, 0.5) is 5.69 Å². The molecule has 0 aliphatic heterocycles.